The number of ether oxygens (including phenoxy) is 2. The molecule has 2 aromatic rings. The largest absolute Gasteiger partial charge is 0.495 e. The van der Waals surface area contributed by atoms with Gasteiger partial charge < -0.3 is 14.8 Å². The van der Waals surface area contributed by atoms with E-state index in [-0.39, 0.29) is 23.2 Å². The van der Waals surface area contributed by atoms with Crippen molar-refractivity contribution >= 4 is 21.6 Å². The average molecular weight is 419 g/mol. The lowest BCUT2D eigenvalue weighted by atomic mass is 10.2. The number of sulfonamides is 1. The van der Waals surface area contributed by atoms with Gasteiger partial charge in [-0.05, 0) is 55.7 Å². The standard InChI is InChI=1S/C21H26N2O5S/c1-16-7-6-8-18(13-16)28-15-21(24)22-17-9-10-19(27-2)20(14-17)29(25,26)23-11-4-3-5-12-23/h6-10,13-14H,3-5,11-12,15H2,1-2H3,(H,22,24). The average Bonchev–Trinajstić information content (AvgIpc) is 2.73. The van der Waals surface area contributed by atoms with Gasteiger partial charge in [-0.1, -0.05) is 18.6 Å². The van der Waals surface area contributed by atoms with Gasteiger partial charge in [-0.15, -0.1) is 0 Å². The van der Waals surface area contributed by atoms with E-state index < -0.39 is 10.0 Å². The van der Waals surface area contributed by atoms with Crippen LogP contribution in [0.4, 0.5) is 5.69 Å². The number of nitrogens with one attached hydrogen (secondary N) is 1. The van der Waals surface area contributed by atoms with Crippen LogP contribution in [0.15, 0.2) is 47.4 Å². The molecule has 8 heteroatoms. The molecule has 1 N–H and O–H groups in total. The summed E-state index contributed by atoms with van der Waals surface area (Å²) in [6.07, 6.45) is 2.71. The topological polar surface area (TPSA) is 84.9 Å². The zero-order valence-corrected chi connectivity index (χ0v) is 17.5. The molecule has 0 atom stereocenters. The molecule has 0 radical (unpaired) electrons. The van der Waals surface area contributed by atoms with Crippen molar-refractivity contribution in [3.63, 3.8) is 0 Å². The van der Waals surface area contributed by atoms with Crippen LogP contribution in [0.5, 0.6) is 11.5 Å². The van der Waals surface area contributed by atoms with Crippen LogP contribution in [0.25, 0.3) is 0 Å². The molecule has 1 saturated heterocycles. The molecule has 2 aromatic carbocycles. The molecule has 1 fully saturated rings. The number of carbonyl (C=O) groups excluding carboxylic acids is 1. The molecule has 1 aliphatic heterocycles. The predicted molar refractivity (Wildman–Crippen MR) is 111 cm³/mol. The number of anilines is 1. The Kier molecular flexibility index (Phi) is 6.76. The van der Waals surface area contributed by atoms with E-state index in [1.54, 1.807) is 18.2 Å². The van der Waals surface area contributed by atoms with Crippen molar-refractivity contribution in [3.8, 4) is 11.5 Å². The smallest absolute Gasteiger partial charge is 0.262 e. The predicted octanol–water partition coefficient (Wildman–Crippen LogP) is 3.20. The molecule has 0 spiro atoms. The maximum absolute atomic E-state index is 13.1. The second-order valence-corrected chi connectivity index (χ2v) is 8.89. The van der Waals surface area contributed by atoms with E-state index in [2.05, 4.69) is 5.32 Å². The molecule has 3 rings (SSSR count). The SMILES string of the molecule is COc1ccc(NC(=O)COc2cccc(C)c2)cc1S(=O)(=O)N1CCCCC1. The molecule has 0 aliphatic carbocycles. The molecule has 1 aliphatic rings. The molecule has 0 aromatic heterocycles. The first-order valence-corrected chi connectivity index (χ1v) is 11.0. The molecule has 1 amide bonds. The zero-order chi connectivity index (χ0) is 20.9. The van der Waals surface area contributed by atoms with Crippen LogP contribution in [0.2, 0.25) is 0 Å². The monoisotopic (exact) mass is 418 g/mol. The molecule has 0 bridgehead atoms. The maximum atomic E-state index is 13.1. The summed E-state index contributed by atoms with van der Waals surface area (Å²) in [5, 5.41) is 2.69. The third-order valence-corrected chi connectivity index (χ3v) is 6.66. The number of aryl methyl sites for hydroxylation is 1. The van der Waals surface area contributed by atoms with Gasteiger partial charge in [0.1, 0.15) is 16.4 Å². The van der Waals surface area contributed by atoms with Crippen LogP contribution in [0.1, 0.15) is 24.8 Å². The van der Waals surface area contributed by atoms with Crippen LogP contribution < -0.4 is 14.8 Å². The fourth-order valence-electron chi connectivity index (χ4n) is 3.25. The lowest BCUT2D eigenvalue weighted by molar-refractivity contribution is -0.118. The first kappa shape index (κ1) is 21.1. The van der Waals surface area contributed by atoms with Gasteiger partial charge in [0.05, 0.1) is 7.11 Å². The van der Waals surface area contributed by atoms with Gasteiger partial charge in [0.2, 0.25) is 10.0 Å². The quantitative estimate of drug-likeness (QED) is 0.746. The van der Waals surface area contributed by atoms with Crippen LogP contribution >= 0.6 is 0 Å². The minimum absolute atomic E-state index is 0.0549. The number of rotatable bonds is 7. The highest BCUT2D eigenvalue weighted by Crippen LogP contribution is 2.31. The van der Waals surface area contributed by atoms with Crippen molar-refractivity contribution < 1.29 is 22.7 Å². The Balaban J connectivity index is 1.73. The first-order chi connectivity index (χ1) is 13.9. The van der Waals surface area contributed by atoms with Crippen molar-refractivity contribution in [2.75, 3.05) is 32.1 Å². The fourth-order valence-corrected chi connectivity index (χ4v) is 4.95. The molecule has 1 heterocycles. The number of methoxy groups -OCH3 is 1. The Morgan fingerprint density at radius 2 is 1.86 bits per heavy atom. The van der Waals surface area contributed by atoms with Crippen molar-refractivity contribution in [1.82, 2.24) is 4.31 Å². The van der Waals surface area contributed by atoms with E-state index in [1.165, 1.54) is 17.5 Å². The van der Waals surface area contributed by atoms with E-state index >= 15 is 0 Å². The number of nitrogens with zero attached hydrogens (tertiary/aromatic N) is 1. The van der Waals surface area contributed by atoms with Crippen LogP contribution in [-0.4, -0.2) is 45.4 Å². The summed E-state index contributed by atoms with van der Waals surface area (Å²) in [5.41, 5.74) is 1.41. The van der Waals surface area contributed by atoms with Gasteiger partial charge >= 0.3 is 0 Å². The summed E-state index contributed by atoms with van der Waals surface area (Å²) in [6, 6.07) is 12.0. The van der Waals surface area contributed by atoms with Crippen LogP contribution in [0, 0.1) is 6.92 Å². The van der Waals surface area contributed by atoms with Gasteiger partial charge in [-0.25, -0.2) is 8.42 Å². The Labute approximate surface area is 171 Å². The molecule has 0 unspecified atom stereocenters. The summed E-state index contributed by atoms with van der Waals surface area (Å²) in [7, 11) is -2.27. The van der Waals surface area contributed by atoms with E-state index in [4.69, 9.17) is 9.47 Å². The Hall–Kier alpha value is -2.58. The Morgan fingerprint density at radius 3 is 2.55 bits per heavy atom. The third-order valence-electron chi connectivity index (χ3n) is 4.74. The minimum Gasteiger partial charge on any atom is -0.495 e. The number of hydrogen-bond acceptors (Lipinski definition) is 5. The summed E-state index contributed by atoms with van der Waals surface area (Å²) >= 11 is 0. The van der Waals surface area contributed by atoms with Gasteiger partial charge in [0, 0.05) is 18.8 Å². The minimum atomic E-state index is -3.70. The number of carbonyl (C=O) groups is 1. The highest BCUT2D eigenvalue weighted by molar-refractivity contribution is 7.89. The number of amides is 1. The van der Waals surface area contributed by atoms with Crippen molar-refractivity contribution in [2.24, 2.45) is 0 Å². The Morgan fingerprint density at radius 1 is 1.10 bits per heavy atom. The summed E-state index contributed by atoms with van der Waals surface area (Å²) < 4.78 is 38.3. The molecular weight excluding hydrogens is 392 g/mol. The number of benzene rings is 2. The van der Waals surface area contributed by atoms with E-state index in [1.807, 2.05) is 25.1 Å². The summed E-state index contributed by atoms with van der Waals surface area (Å²) in [5.74, 6) is 0.478. The van der Waals surface area contributed by atoms with E-state index in [0.717, 1.165) is 24.8 Å². The van der Waals surface area contributed by atoms with Gasteiger partial charge in [-0.3, -0.25) is 4.79 Å². The highest BCUT2D eigenvalue weighted by atomic mass is 32.2. The van der Waals surface area contributed by atoms with Crippen LogP contribution in [-0.2, 0) is 14.8 Å². The second-order valence-electron chi connectivity index (χ2n) is 6.98. The Bertz CT molecular complexity index is 969. The highest BCUT2D eigenvalue weighted by Gasteiger charge is 2.29. The molecule has 29 heavy (non-hydrogen) atoms. The second kappa shape index (κ2) is 9.28. The van der Waals surface area contributed by atoms with Crippen molar-refractivity contribution in [1.29, 1.82) is 0 Å². The number of piperidine rings is 1. The normalized spacial score (nSPS) is 15.0. The van der Waals surface area contributed by atoms with Gasteiger partial charge in [0.25, 0.3) is 5.91 Å². The van der Waals surface area contributed by atoms with E-state index in [0.29, 0.717) is 24.5 Å². The fraction of sp³-hybridized carbons (Fsp3) is 0.381. The number of hydrogen-bond donors (Lipinski definition) is 1. The van der Waals surface area contributed by atoms with Crippen molar-refractivity contribution in [3.05, 3.63) is 48.0 Å². The van der Waals surface area contributed by atoms with E-state index in [9.17, 15) is 13.2 Å². The molecule has 0 saturated carbocycles. The molecule has 7 nitrogen and oxygen atoms in total. The maximum Gasteiger partial charge on any atom is 0.262 e. The first-order valence-electron chi connectivity index (χ1n) is 9.57. The summed E-state index contributed by atoms with van der Waals surface area (Å²) in [4.78, 5) is 12.3. The third kappa shape index (κ3) is 5.27. The van der Waals surface area contributed by atoms with Crippen LogP contribution in [0.3, 0.4) is 0 Å². The van der Waals surface area contributed by atoms with Gasteiger partial charge in [-0.2, -0.15) is 4.31 Å². The lowest BCUT2D eigenvalue weighted by Crippen LogP contribution is -2.35. The lowest BCUT2D eigenvalue weighted by Gasteiger charge is -2.26. The van der Waals surface area contributed by atoms with Crippen molar-refractivity contribution in [2.45, 2.75) is 31.1 Å². The summed E-state index contributed by atoms with van der Waals surface area (Å²) in [6.45, 7) is 2.75. The van der Waals surface area contributed by atoms with Gasteiger partial charge in [0.15, 0.2) is 6.61 Å². The zero-order valence-electron chi connectivity index (χ0n) is 16.7. The molecular formula is C21H26N2O5S. The molecule has 156 valence electrons.